The molecule has 0 amide bonds. The number of hydrogen-bond acceptors (Lipinski definition) is 6. The molecule has 2 heterocycles. The van der Waals surface area contributed by atoms with Crippen molar-refractivity contribution >= 4 is 33.3 Å². The highest BCUT2D eigenvalue weighted by atomic mass is 32.1. The molecular weight excluding hydrogens is 258 g/mol. The summed E-state index contributed by atoms with van der Waals surface area (Å²) < 4.78 is 0. The normalized spacial score (nSPS) is 11.3. The number of fused-ring (bicyclic) bond motifs is 1. The van der Waals surface area contributed by atoms with Crippen molar-refractivity contribution in [3.8, 4) is 0 Å². The lowest BCUT2D eigenvalue weighted by molar-refractivity contribution is 0.696. The molecule has 0 unspecified atom stereocenters. The molecule has 0 bridgehead atoms. The van der Waals surface area contributed by atoms with E-state index in [1.165, 1.54) is 4.88 Å². The van der Waals surface area contributed by atoms with Crippen molar-refractivity contribution in [2.75, 3.05) is 16.9 Å². The van der Waals surface area contributed by atoms with Crippen LogP contribution in [0.4, 0.5) is 11.8 Å². The molecule has 0 aliphatic carbocycles. The zero-order valence-corrected chi connectivity index (χ0v) is 12.7. The van der Waals surface area contributed by atoms with Crippen molar-refractivity contribution in [1.82, 2.24) is 9.97 Å². The van der Waals surface area contributed by atoms with Gasteiger partial charge in [-0.25, -0.2) is 10.8 Å². The third-order valence-corrected chi connectivity index (χ3v) is 4.31. The van der Waals surface area contributed by atoms with Crippen molar-refractivity contribution in [3.05, 3.63) is 10.9 Å². The molecule has 0 atom stereocenters. The number of nitrogens with zero attached hydrogens (tertiary/aromatic N) is 3. The number of nitrogen functional groups attached to an aromatic ring is 1. The second-order valence-electron chi connectivity index (χ2n) is 4.68. The zero-order valence-electron chi connectivity index (χ0n) is 11.9. The Bertz CT molecular complexity index is 563. The molecule has 104 valence electrons. The highest BCUT2D eigenvalue weighted by molar-refractivity contribution is 7.18. The molecule has 2 rings (SSSR count). The first-order valence-electron chi connectivity index (χ1n) is 6.64. The van der Waals surface area contributed by atoms with Gasteiger partial charge < -0.3 is 4.90 Å². The van der Waals surface area contributed by atoms with Crippen LogP contribution in [0, 0.1) is 0 Å². The summed E-state index contributed by atoms with van der Waals surface area (Å²) in [6.07, 6.45) is 1.01. The SMILES string of the molecule is CCc1cc2c(N(CC)C(C)C)nc(NN)nc2s1. The minimum absolute atomic E-state index is 0.388. The molecule has 3 N–H and O–H groups in total. The number of rotatable bonds is 5. The van der Waals surface area contributed by atoms with Crippen molar-refractivity contribution in [1.29, 1.82) is 0 Å². The van der Waals surface area contributed by atoms with Crippen LogP contribution >= 0.6 is 11.3 Å². The standard InChI is InChI=1S/C13H21N5S/c1-5-9-7-10-11(18(6-2)8(3)4)15-13(17-14)16-12(10)19-9/h7-8H,5-6,14H2,1-4H3,(H,15,16,17). The third kappa shape index (κ3) is 2.64. The Balaban J connectivity index is 2.65. The number of hydrazine groups is 1. The highest BCUT2D eigenvalue weighted by Crippen LogP contribution is 2.32. The molecule has 2 aromatic rings. The fourth-order valence-electron chi connectivity index (χ4n) is 2.17. The molecule has 5 nitrogen and oxygen atoms in total. The topological polar surface area (TPSA) is 67.1 Å². The number of nitrogens with one attached hydrogen (secondary N) is 1. The zero-order chi connectivity index (χ0) is 14.0. The van der Waals surface area contributed by atoms with Gasteiger partial charge in [0.15, 0.2) is 0 Å². The maximum Gasteiger partial charge on any atom is 0.240 e. The van der Waals surface area contributed by atoms with E-state index < -0.39 is 0 Å². The maximum atomic E-state index is 5.48. The van der Waals surface area contributed by atoms with Gasteiger partial charge in [-0.05, 0) is 33.3 Å². The first-order chi connectivity index (χ1) is 9.10. The molecular formula is C13H21N5S. The average molecular weight is 279 g/mol. The first kappa shape index (κ1) is 14.0. The van der Waals surface area contributed by atoms with E-state index in [1.807, 2.05) is 0 Å². The predicted octanol–water partition coefficient (Wildman–Crippen LogP) is 2.77. The van der Waals surface area contributed by atoms with E-state index in [0.717, 1.165) is 29.0 Å². The van der Waals surface area contributed by atoms with Crippen molar-refractivity contribution in [3.63, 3.8) is 0 Å². The second kappa shape index (κ2) is 5.71. The largest absolute Gasteiger partial charge is 0.354 e. The van der Waals surface area contributed by atoms with Gasteiger partial charge in [0.1, 0.15) is 10.6 Å². The maximum absolute atomic E-state index is 5.48. The fraction of sp³-hybridized carbons (Fsp3) is 0.538. The molecule has 0 radical (unpaired) electrons. The van der Waals surface area contributed by atoms with Crippen LogP contribution in [0.5, 0.6) is 0 Å². The average Bonchev–Trinajstić information content (AvgIpc) is 2.81. The summed E-state index contributed by atoms with van der Waals surface area (Å²) in [5.41, 5.74) is 2.56. The van der Waals surface area contributed by atoms with Crippen LogP contribution in [0.2, 0.25) is 0 Å². The lowest BCUT2D eigenvalue weighted by Gasteiger charge is -2.27. The Morgan fingerprint density at radius 3 is 2.63 bits per heavy atom. The van der Waals surface area contributed by atoms with Gasteiger partial charge in [-0.2, -0.15) is 4.98 Å². The summed E-state index contributed by atoms with van der Waals surface area (Å²) in [7, 11) is 0. The Hall–Kier alpha value is -1.40. The van der Waals surface area contributed by atoms with Crippen LogP contribution in [0.3, 0.4) is 0 Å². The van der Waals surface area contributed by atoms with E-state index in [-0.39, 0.29) is 0 Å². The fourth-order valence-corrected chi connectivity index (χ4v) is 3.14. The van der Waals surface area contributed by atoms with E-state index in [1.54, 1.807) is 11.3 Å². The number of nitrogens with two attached hydrogens (primary N) is 1. The Labute approximate surface area is 117 Å². The van der Waals surface area contributed by atoms with Crippen molar-refractivity contribution < 1.29 is 0 Å². The molecule has 0 aromatic carbocycles. The molecule has 0 spiro atoms. The lowest BCUT2D eigenvalue weighted by atomic mass is 10.2. The summed E-state index contributed by atoms with van der Waals surface area (Å²) in [4.78, 5) is 13.6. The van der Waals surface area contributed by atoms with Crippen molar-refractivity contribution in [2.45, 2.75) is 40.2 Å². The Kier molecular flexibility index (Phi) is 4.21. The number of aryl methyl sites for hydroxylation is 1. The van der Waals surface area contributed by atoms with E-state index in [4.69, 9.17) is 5.84 Å². The van der Waals surface area contributed by atoms with E-state index in [0.29, 0.717) is 12.0 Å². The predicted molar refractivity (Wildman–Crippen MR) is 82.8 cm³/mol. The van der Waals surface area contributed by atoms with E-state index in [9.17, 15) is 0 Å². The van der Waals surface area contributed by atoms with Crippen LogP contribution in [0.15, 0.2) is 6.07 Å². The van der Waals surface area contributed by atoms with E-state index in [2.05, 4.69) is 54.1 Å². The lowest BCUT2D eigenvalue weighted by Crippen LogP contribution is -2.31. The van der Waals surface area contributed by atoms with Crippen LogP contribution < -0.4 is 16.2 Å². The Morgan fingerprint density at radius 2 is 2.11 bits per heavy atom. The van der Waals surface area contributed by atoms with Crippen molar-refractivity contribution in [2.24, 2.45) is 5.84 Å². The van der Waals surface area contributed by atoms with Crippen LogP contribution in [0.25, 0.3) is 10.2 Å². The van der Waals surface area contributed by atoms with Gasteiger partial charge >= 0.3 is 0 Å². The summed E-state index contributed by atoms with van der Waals surface area (Å²) in [6, 6.07) is 2.58. The Morgan fingerprint density at radius 1 is 1.37 bits per heavy atom. The minimum Gasteiger partial charge on any atom is -0.354 e. The summed E-state index contributed by atoms with van der Waals surface area (Å²) in [5, 5.41) is 1.12. The number of hydrogen-bond donors (Lipinski definition) is 2. The summed E-state index contributed by atoms with van der Waals surface area (Å²) in [5.74, 6) is 6.92. The van der Waals surface area contributed by atoms with Crippen LogP contribution in [-0.2, 0) is 6.42 Å². The summed E-state index contributed by atoms with van der Waals surface area (Å²) >= 11 is 1.71. The molecule has 0 saturated heterocycles. The van der Waals surface area contributed by atoms with Gasteiger partial charge in [0.2, 0.25) is 5.95 Å². The molecule has 0 aliphatic heterocycles. The van der Waals surface area contributed by atoms with Crippen LogP contribution in [0.1, 0.15) is 32.6 Å². The quantitative estimate of drug-likeness (QED) is 0.650. The number of thiophene rings is 1. The molecule has 19 heavy (non-hydrogen) atoms. The molecule has 0 saturated carbocycles. The second-order valence-corrected chi connectivity index (χ2v) is 5.80. The molecule has 6 heteroatoms. The molecule has 0 fully saturated rings. The van der Waals surface area contributed by atoms with Crippen LogP contribution in [-0.4, -0.2) is 22.6 Å². The van der Waals surface area contributed by atoms with Gasteiger partial charge in [0, 0.05) is 17.5 Å². The molecule has 2 aromatic heterocycles. The van der Waals surface area contributed by atoms with Gasteiger partial charge in [-0.15, -0.1) is 11.3 Å². The van der Waals surface area contributed by atoms with Gasteiger partial charge in [0.05, 0.1) is 5.39 Å². The number of anilines is 2. The van der Waals surface area contributed by atoms with Gasteiger partial charge in [-0.1, -0.05) is 6.92 Å². The monoisotopic (exact) mass is 279 g/mol. The molecule has 0 aliphatic rings. The van der Waals surface area contributed by atoms with E-state index >= 15 is 0 Å². The summed E-state index contributed by atoms with van der Waals surface area (Å²) in [6.45, 7) is 9.53. The van der Waals surface area contributed by atoms with Gasteiger partial charge in [-0.3, -0.25) is 5.43 Å². The smallest absolute Gasteiger partial charge is 0.240 e. The first-order valence-corrected chi connectivity index (χ1v) is 7.46. The minimum atomic E-state index is 0.388. The van der Waals surface area contributed by atoms with Gasteiger partial charge in [0.25, 0.3) is 0 Å². The third-order valence-electron chi connectivity index (χ3n) is 3.14. The highest BCUT2D eigenvalue weighted by Gasteiger charge is 2.17. The number of aromatic nitrogens is 2.